The molecule has 0 aromatic rings. The third kappa shape index (κ3) is 6.28. The molecule has 4 N–H and O–H groups in total. The Labute approximate surface area is 95.6 Å². The van der Waals surface area contributed by atoms with Gasteiger partial charge in [0.25, 0.3) is 6.43 Å². The summed E-state index contributed by atoms with van der Waals surface area (Å²) in [4.78, 5) is 33.0. The van der Waals surface area contributed by atoms with Gasteiger partial charge in [-0.3, -0.25) is 4.79 Å². The molecule has 3 amide bonds. The van der Waals surface area contributed by atoms with Gasteiger partial charge in [0.15, 0.2) is 0 Å². The van der Waals surface area contributed by atoms with Crippen molar-refractivity contribution in [1.29, 1.82) is 0 Å². The Balaban J connectivity index is 4.39. The SMILES string of the molecule is CN(CC(F)F)C(=O)N[C@@H](CC(N)=O)C(=O)O. The zero-order valence-electron chi connectivity index (χ0n) is 9.02. The quantitative estimate of drug-likeness (QED) is 0.576. The van der Waals surface area contributed by atoms with Crippen molar-refractivity contribution in [2.24, 2.45) is 5.73 Å². The summed E-state index contributed by atoms with van der Waals surface area (Å²) in [6.07, 6.45) is -3.34. The maximum absolute atomic E-state index is 11.9. The average Bonchev–Trinajstić information content (AvgIpc) is 2.14. The molecule has 0 unspecified atom stereocenters. The number of nitrogens with one attached hydrogen (secondary N) is 1. The first-order valence-corrected chi connectivity index (χ1v) is 4.55. The molecule has 0 rings (SSSR count). The number of carboxylic acid groups (broad SMARTS) is 1. The van der Waals surface area contributed by atoms with E-state index in [9.17, 15) is 23.2 Å². The Morgan fingerprint density at radius 2 is 1.94 bits per heavy atom. The van der Waals surface area contributed by atoms with Gasteiger partial charge in [-0.25, -0.2) is 18.4 Å². The van der Waals surface area contributed by atoms with Gasteiger partial charge in [0.05, 0.1) is 13.0 Å². The van der Waals surface area contributed by atoms with E-state index in [4.69, 9.17) is 10.8 Å². The number of carbonyl (C=O) groups excluding carboxylic acids is 2. The van der Waals surface area contributed by atoms with E-state index in [1.165, 1.54) is 0 Å². The highest BCUT2D eigenvalue weighted by Gasteiger charge is 2.24. The largest absolute Gasteiger partial charge is 0.480 e. The molecule has 0 spiro atoms. The first-order chi connectivity index (χ1) is 7.73. The second kappa shape index (κ2) is 6.61. The smallest absolute Gasteiger partial charge is 0.326 e. The summed E-state index contributed by atoms with van der Waals surface area (Å²) in [7, 11) is 1.07. The number of nitrogens with two attached hydrogens (primary N) is 1. The van der Waals surface area contributed by atoms with Crippen LogP contribution in [0.2, 0.25) is 0 Å². The number of aliphatic carboxylic acids is 1. The standard InChI is InChI=1S/C8H13F2N3O4/c1-13(3-5(9)10)8(17)12-4(7(15)16)2-6(11)14/h4-5H,2-3H2,1H3,(H2,11,14)(H,12,17)(H,15,16)/t4-/m0/s1. The second-order valence-corrected chi connectivity index (χ2v) is 3.28. The number of alkyl halides is 2. The fourth-order valence-corrected chi connectivity index (χ4v) is 0.950. The van der Waals surface area contributed by atoms with Crippen molar-refractivity contribution in [2.75, 3.05) is 13.6 Å². The molecule has 0 bridgehead atoms. The monoisotopic (exact) mass is 253 g/mol. The Hall–Kier alpha value is -1.93. The number of nitrogens with zero attached hydrogens (tertiary/aromatic N) is 1. The Morgan fingerprint density at radius 3 is 2.29 bits per heavy atom. The van der Waals surface area contributed by atoms with Crippen LogP contribution in [0.5, 0.6) is 0 Å². The topological polar surface area (TPSA) is 113 Å². The number of carbonyl (C=O) groups is 3. The predicted octanol–water partition coefficient (Wildman–Crippen LogP) is -0.778. The summed E-state index contributed by atoms with van der Waals surface area (Å²) in [5.74, 6) is -2.39. The zero-order valence-corrected chi connectivity index (χ0v) is 9.02. The summed E-state index contributed by atoms with van der Waals surface area (Å²) in [5, 5.41) is 10.6. The van der Waals surface area contributed by atoms with E-state index in [2.05, 4.69) is 0 Å². The van der Waals surface area contributed by atoms with Gasteiger partial charge in [-0.1, -0.05) is 0 Å². The number of primary amides is 1. The van der Waals surface area contributed by atoms with Crippen LogP contribution in [0, 0.1) is 0 Å². The Bertz CT molecular complexity index is 311. The van der Waals surface area contributed by atoms with Gasteiger partial charge >= 0.3 is 12.0 Å². The fourth-order valence-electron chi connectivity index (χ4n) is 0.950. The number of amides is 3. The molecule has 7 nitrogen and oxygen atoms in total. The first-order valence-electron chi connectivity index (χ1n) is 4.55. The molecule has 0 aliphatic carbocycles. The van der Waals surface area contributed by atoms with E-state index in [0.717, 1.165) is 7.05 Å². The van der Waals surface area contributed by atoms with Crippen molar-refractivity contribution in [3.8, 4) is 0 Å². The molecule has 9 heteroatoms. The summed E-state index contributed by atoms with van der Waals surface area (Å²) in [6.45, 7) is -0.839. The van der Waals surface area contributed by atoms with E-state index in [1.807, 2.05) is 5.32 Å². The number of hydrogen-bond donors (Lipinski definition) is 3. The molecule has 0 aromatic carbocycles. The Kier molecular flexibility index (Phi) is 5.86. The lowest BCUT2D eigenvalue weighted by Gasteiger charge is -2.20. The van der Waals surface area contributed by atoms with Gasteiger partial charge in [0, 0.05) is 7.05 Å². The minimum atomic E-state index is -2.73. The zero-order chi connectivity index (χ0) is 13.6. The van der Waals surface area contributed by atoms with Crippen molar-refractivity contribution < 1.29 is 28.3 Å². The van der Waals surface area contributed by atoms with Crippen LogP contribution in [-0.4, -0.2) is 54.0 Å². The maximum Gasteiger partial charge on any atom is 0.326 e. The van der Waals surface area contributed by atoms with Gasteiger partial charge in [0.2, 0.25) is 5.91 Å². The number of rotatable bonds is 6. The van der Waals surface area contributed by atoms with Crippen LogP contribution in [0.1, 0.15) is 6.42 Å². The average molecular weight is 253 g/mol. The van der Waals surface area contributed by atoms with Crippen LogP contribution in [0.3, 0.4) is 0 Å². The highest BCUT2D eigenvalue weighted by molar-refractivity contribution is 5.87. The summed E-state index contributed by atoms with van der Waals surface area (Å²) in [6, 6.07) is -2.54. The third-order valence-electron chi connectivity index (χ3n) is 1.76. The van der Waals surface area contributed by atoms with Crippen LogP contribution < -0.4 is 11.1 Å². The highest BCUT2D eigenvalue weighted by atomic mass is 19.3. The number of hydrogen-bond acceptors (Lipinski definition) is 3. The van der Waals surface area contributed by atoms with Crippen molar-refractivity contribution in [1.82, 2.24) is 10.2 Å². The molecular formula is C8H13F2N3O4. The van der Waals surface area contributed by atoms with Gasteiger partial charge in [-0.2, -0.15) is 0 Å². The molecule has 1 atom stereocenters. The van der Waals surface area contributed by atoms with Gasteiger partial charge < -0.3 is 21.1 Å². The number of halogens is 2. The Morgan fingerprint density at radius 1 is 1.41 bits per heavy atom. The molecule has 0 aliphatic rings. The van der Waals surface area contributed by atoms with Gasteiger partial charge in [-0.15, -0.1) is 0 Å². The third-order valence-corrected chi connectivity index (χ3v) is 1.76. The predicted molar refractivity (Wildman–Crippen MR) is 52.4 cm³/mol. The lowest BCUT2D eigenvalue weighted by molar-refractivity contribution is -0.140. The number of carboxylic acids is 1. The van der Waals surface area contributed by atoms with E-state index in [1.54, 1.807) is 0 Å². The second-order valence-electron chi connectivity index (χ2n) is 3.28. The first kappa shape index (κ1) is 15.1. The van der Waals surface area contributed by atoms with Gasteiger partial charge in [-0.05, 0) is 0 Å². The van der Waals surface area contributed by atoms with Crippen LogP contribution >= 0.6 is 0 Å². The number of urea groups is 1. The summed E-state index contributed by atoms with van der Waals surface area (Å²) in [5.41, 5.74) is 4.78. The van der Waals surface area contributed by atoms with Crippen molar-refractivity contribution in [2.45, 2.75) is 18.9 Å². The van der Waals surface area contributed by atoms with Crippen LogP contribution in [0.15, 0.2) is 0 Å². The van der Waals surface area contributed by atoms with E-state index in [-0.39, 0.29) is 0 Å². The molecule has 0 radical (unpaired) electrons. The van der Waals surface area contributed by atoms with Crippen molar-refractivity contribution in [3.05, 3.63) is 0 Å². The summed E-state index contributed by atoms with van der Waals surface area (Å²) >= 11 is 0. The lowest BCUT2D eigenvalue weighted by Crippen LogP contribution is -2.49. The minimum Gasteiger partial charge on any atom is -0.480 e. The fraction of sp³-hybridized carbons (Fsp3) is 0.625. The lowest BCUT2D eigenvalue weighted by atomic mass is 10.2. The molecule has 0 aliphatic heterocycles. The molecule has 0 aromatic heterocycles. The maximum atomic E-state index is 11.9. The van der Waals surface area contributed by atoms with Gasteiger partial charge in [0.1, 0.15) is 6.04 Å². The van der Waals surface area contributed by atoms with Crippen molar-refractivity contribution in [3.63, 3.8) is 0 Å². The van der Waals surface area contributed by atoms with E-state index >= 15 is 0 Å². The molecule has 0 saturated carbocycles. The molecule has 0 fully saturated rings. The normalized spacial score (nSPS) is 12.0. The van der Waals surface area contributed by atoms with E-state index < -0.39 is 43.3 Å². The minimum absolute atomic E-state index is 0.608. The van der Waals surface area contributed by atoms with Crippen LogP contribution in [-0.2, 0) is 9.59 Å². The van der Waals surface area contributed by atoms with Crippen molar-refractivity contribution >= 4 is 17.9 Å². The molecule has 98 valence electrons. The highest BCUT2D eigenvalue weighted by Crippen LogP contribution is 1.98. The molecule has 0 heterocycles. The molecular weight excluding hydrogens is 240 g/mol. The molecule has 17 heavy (non-hydrogen) atoms. The molecule has 0 saturated heterocycles. The van der Waals surface area contributed by atoms with E-state index in [0.29, 0.717) is 4.90 Å². The summed E-state index contributed by atoms with van der Waals surface area (Å²) < 4.78 is 23.9. The van der Waals surface area contributed by atoms with Crippen LogP contribution in [0.25, 0.3) is 0 Å². The van der Waals surface area contributed by atoms with Crippen LogP contribution in [0.4, 0.5) is 13.6 Å².